The lowest BCUT2D eigenvalue weighted by atomic mass is 9.96. The van der Waals surface area contributed by atoms with Crippen LogP contribution in [-0.4, -0.2) is 16.5 Å². The van der Waals surface area contributed by atoms with Crippen LogP contribution < -0.4 is 15.9 Å². The van der Waals surface area contributed by atoms with Crippen LogP contribution >= 0.6 is 12.4 Å². The normalized spacial score (nSPS) is 22.6. The van der Waals surface area contributed by atoms with Crippen LogP contribution in [0.3, 0.4) is 0 Å². The van der Waals surface area contributed by atoms with Crippen molar-refractivity contribution in [2.75, 3.05) is 6.54 Å². The maximum Gasteiger partial charge on any atom is 0.116 e. The molecule has 4 heteroatoms. The van der Waals surface area contributed by atoms with Gasteiger partial charge in [-0.3, -0.25) is 0 Å². The molecule has 3 rings (SSSR count). The molecule has 2 heterocycles. The zero-order chi connectivity index (χ0) is 8.67. The second kappa shape index (κ2) is 3.58. The molecule has 1 aromatic rings. The van der Waals surface area contributed by atoms with Crippen molar-refractivity contribution >= 4 is 24.2 Å². The average molecular weight is 210 g/mol. The molecule has 1 aliphatic heterocycles. The molecule has 0 bridgehead atoms. The fourth-order valence-electron chi connectivity index (χ4n) is 2.18. The summed E-state index contributed by atoms with van der Waals surface area (Å²) in [7, 11) is 0. The molecule has 1 fully saturated rings. The average Bonchev–Trinajstić information content (AvgIpc) is 2.65. The Hall–Kier alpha value is -1.09. The van der Waals surface area contributed by atoms with Crippen molar-refractivity contribution in [2.24, 2.45) is 5.92 Å². The topological polar surface area (TPSA) is 37.8 Å². The maximum atomic E-state index is 4.25. The first-order valence-electron chi connectivity index (χ1n) is 4.69. The van der Waals surface area contributed by atoms with E-state index in [-0.39, 0.29) is 12.4 Å². The molecule has 1 atom stereocenters. The zero-order valence-electron chi connectivity index (χ0n) is 7.73. The second-order valence-electron chi connectivity index (χ2n) is 3.59. The molecule has 3 nitrogen and oxygen atoms in total. The molecule has 1 unspecified atom stereocenters. The highest BCUT2D eigenvalue weighted by molar-refractivity contribution is 5.85. The van der Waals surface area contributed by atoms with Crippen molar-refractivity contribution in [3.63, 3.8) is 0 Å². The van der Waals surface area contributed by atoms with Crippen LogP contribution in [0.1, 0.15) is 12.8 Å². The highest BCUT2D eigenvalue weighted by atomic mass is 35.5. The lowest BCUT2D eigenvalue weighted by Crippen LogP contribution is -2.37. The summed E-state index contributed by atoms with van der Waals surface area (Å²) in [4.78, 5) is 8.32. The Labute approximate surface area is 88.4 Å². The van der Waals surface area contributed by atoms with Crippen LogP contribution in [0.4, 0.5) is 0 Å². The summed E-state index contributed by atoms with van der Waals surface area (Å²) in [6.07, 6.45) is 8.13. The lowest BCUT2D eigenvalue weighted by molar-refractivity contribution is 0.693. The summed E-state index contributed by atoms with van der Waals surface area (Å²) < 4.78 is 0. The van der Waals surface area contributed by atoms with Gasteiger partial charge in [-0.2, -0.15) is 0 Å². The Morgan fingerprint density at radius 3 is 3.29 bits per heavy atom. The van der Waals surface area contributed by atoms with Crippen molar-refractivity contribution < 1.29 is 0 Å². The molecule has 2 aliphatic rings. The molecule has 1 aromatic heterocycles. The molecule has 0 radical (unpaired) electrons. The van der Waals surface area contributed by atoms with Crippen molar-refractivity contribution in [1.82, 2.24) is 15.3 Å². The molecule has 14 heavy (non-hydrogen) atoms. The van der Waals surface area contributed by atoms with Crippen LogP contribution in [0, 0.1) is 5.92 Å². The SMILES string of the molecule is C1=c2ncncc2=C2NCCC2C1.Cl. The third kappa shape index (κ3) is 1.28. The first-order valence-corrected chi connectivity index (χ1v) is 4.69. The van der Waals surface area contributed by atoms with Crippen LogP contribution in [0.25, 0.3) is 11.8 Å². The number of fused-ring (bicyclic) bond motifs is 2. The number of nitrogens with zero attached hydrogens (tertiary/aromatic N) is 2. The van der Waals surface area contributed by atoms with E-state index in [9.17, 15) is 0 Å². The molecule has 0 spiro atoms. The predicted octanol–water partition coefficient (Wildman–Crippen LogP) is -0.200. The summed E-state index contributed by atoms with van der Waals surface area (Å²) in [5.41, 5.74) is 1.36. The number of aromatic nitrogens is 2. The highest BCUT2D eigenvalue weighted by Crippen LogP contribution is 2.23. The van der Waals surface area contributed by atoms with Gasteiger partial charge in [0.05, 0.1) is 5.35 Å². The van der Waals surface area contributed by atoms with Crippen molar-refractivity contribution in [3.8, 4) is 0 Å². The van der Waals surface area contributed by atoms with E-state index < -0.39 is 0 Å². The van der Waals surface area contributed by atoms with Crippen LogP contribution in [0.5, 0.6) is 0 Å². The number of hydrogen-bond acceptors (Lipinski definition) is 3. The van der Waals surface area contributed by atoms with Gasteiger partial charge in [-0.05, 0) is 12.8 Å². The van der Waals surface area contributed by atoms with Gasteiger partial charge in [-0.15, -0.1) is 12.4 Å². The first kappa shape index (κ1) is 9.46. The van der Waals surface area contributed by atoms with E-state index >= 15 is 0 Å². The summed E-state index contributed by atoms with van der Waals surface area (Å²) in [5, 5.41) is 5.73. The Morgan fingerprint density at radius 1 is 1.43 bits per heavy atom. The molecular weight excluding hydrogens is 198 g/mol. The molecular formula is C10H12ClN3. The van der Waals surface area contributed by atoms with Crippen molar-refractivity contribution in [3.05, 3.63) is 23.1 Å². The van der Waals surface area contributed by atoms with E-state index in [2.05, 4.69) is 21.4 Å². The smallest absolute Gasteiger partial charge is 0.116 e. The highest BCUT2D eigenvalue weighted by Gasteiger charge is 2.22. The standard InChI is InChI=1S/C10H11N3.ClH/c1-2-9-8(5-11-6-13-9)10-7(1)3-4-12-10;/h2,5-7,12H,1,3-4H2;1H. The van der Waals surface area contributed by atoms with E-state index in [1.54, 1.807) is 6.33 Å². The fraction of sp³-hybridized carbons (Fsp3) is 0.400. The quantitative estimate of drug-likeness (QED) is 0.643. The van der Waals surface area contributed by atoms with Crippen LogP contribution in [0.15, 0.2) is 12.5 Å². The van der Waals surface area contributed by atoms with Gasteiger partial charge in [0.25, 0.3) is 0 Å². The Morgan fingerprint density at radius 2 is 2.36 bits per heavy atom. The summed E-state index contributed by atoms with van der Waals surface area (Å²) >= 11 is 0. The maximum absolute atomic E-state index is 4.25. The molecule has 1 N–H and O–H groups in total. The van der Waals surface area contributed by atoms with Crippen LogP contribution in [0.2, 0.25) is 0 Å². The zero-order valence-corrected chi connectivity index (χ0v) is 8.55. The van der Waals surface area contributed by atoms with E-state index in [0.29, 0.717) is 5.92 Å². The summed E-state index contributed by atoms with van der Waals surface area (Å²) in [6, 6.07) is 0. The largest absolute Gasteiger partial charge is 0.387 e. The number of nitrogens with one attached hydrogen (secondary N) is 1. The first-order chi connectivity index (χ1) is 6.45. The van der Waals surface area contributed by atoms with Gasteiger partial charge in [0.15, 0.2) is 0 Å². The minimum atomic E-state index is 0. The predicted molar refractivity (Wildman–Crippen MR) is 57.1 cm³/mol. The van der Waals surface area contributed by atoms with E-state index in [1.165, 1.54) is 17.3 Å². The van der Waals surface area contributed by atoms with Gasteiger partial charge in [0.2, 0.25) is 0 Å². The van der Waals surface area contributed by atoms with Gasteiger partial charge >= 0.3 is 0 Å². The van der Waals surface area contributed by atoms with E-state index in [0.717, 1.165) is 18.3 Å². The minimum Gasteiger partial charge on any atom is -0.387 e. The monoisotopic (exact) mass is 209 g/mol. The Kier molecular flexibility index (Phi) is 2.42. The van der Waals surface area contributed by atoms with Gasteiger partial charge in [0, 0.05) is 29.6 Å². The molecule has 1 aliphatic carbocycles. The van der Waals surface area contributed by atoms with Crippen molar-refractivity contribution in [1.29, 1.82) is 0 Å². The molecule has 0 saturated carbocycles. The third-order valence-electron chi connectivity index (χ3n) is 2.85. The van der Waals surface area contributed by atoms with Crippen LogP contribution in [-0.2, 0) is 0 Å². The van der Waals surface area contributed by atoms with Crippen molar-refractivity contribution in [2.45, 2.75) is 12.8 Å². The van der Waals surface area contributed by atoms with Gasteiger partial charge in [-0.1, -0.05) is 6.08 Å². The number of hydrogen-bond donors (Lipinski definition) is 1. The Balaban J connectivity index is 0.000000750. The minimum absolute atomic E-state index is 0. The number of rotatable bonds is 0. The molecule has 0 amide bonds. The third-order valence-corrected chi connectivity index (χ3v) is 2.85. The van der Waals surface area contributed by atoms with Gasteiger partial charge in [-0.25, -0.2) is 9.97 Å². The fourth-order valence-corrected chi connectivity index (χ4v) is 2.18. The lowest BCUT2D eigenvalue weighted by Gasteiger charge is -2.12. The van der Waals surface area contributed by atoms with Gasteiger partial charge in [0.1, 0.15) is 6.33 Å². The number of halogens is 1. The second-order valence-corrected chi connectivity index (χ2v) is 3.59. The molecule has 1 saturated heterocycles. The van der Waals surface area contributed by atoms with Gasteiger partial charge < -0.3 is 5.32 Å². The van der Waals surface area contributed by atoms with E-state index in [1.807, 2.05) is 6.20 Å². The molecule has 74 valence electrons. The summed E-state index contributed by atoms with van der Waals surface area (Å²) in [5.74, 6) is 0.693. The van der Waals surface area contributed by atoms with E-state index in [4.69, 9.17) is 0 Å². The molecule has 0 aromatic carbocycles. The summed E-state index contributed by atoms with van der Waals surface area (Å²) in [6.45, 7) is 1.10. The Bertz CT molecular complexity index is 455.